The number of imide groups is 2. The van der Waals surface area contributed by atoms with Gasteiger partial charge in [0.05, 0.1) is 0 Å². The molecule has 3 fully saturated rings. The van der Waals surface area contributed by atoms with E-state index in [0.717, 1.165) is 9.80 Å². The Bertz CT molecular complexity index is 1030. The molecule has 3 aliphatic rings. The number of β-lactam (4-membered cyclic amide) rings is 1. The van der Waals surface area contributed by atoms with Crippen molar-refractivity contribution in [3.8, 4) is 0 Å². The molecule has 3 saturated heterocycles. The fourth-order valence-electron chi connectivity index (χ4n) is 4.11. The van der Waals surface area contributed by atoms with E-state index in [4.69, 9.17) is 0 Å². The highest BCUT2D eigenvalue weighted by Crippen LogP contribution is 2.09. The number of urea groups is 2. The Morgan fingerprint density at radius 1 is 0.842 bits per heavy atom. The third-order valence-corrected chi connectivity index (χ3v) is 6.54. The van der Waals surface area contributed by atoms with E-state index >= 15 is 0 Å². The second-order valence-electron chi connectivity index (χ2n) is 8.87. The molecule has 0 aromatic carbocycles. The number of hydrogen-bond acceptors (Lipinski definition) is 8. The first-order valence-electron chi connectivity index (χ1n) is 12.5. The van der Waals surface area contributed by atoms with Crippen molar-refractivity contribution < 1.29 is 38.4 Å². The summed E-state index contributed by atoms with van der Waals surface area (Å²) in [6.07, 6.45) is 0.161. The lowest BCUT2D eigenvalue weighted by Gasteiger charge is -2.33. The molecular formula is C22H32N8O8. The fourth-order valence-corrected chi connectivity index (χ4v) is 4.11. The molecule has 16 nitrogen and oxygen atoms in total. The van der Waals surface area contributed by atoms with Crippen LogP contribution in [0.25, 0.3) is 0 Å². The van der Waals surface area contributed by atoms with E-state index in [-0.39, 0.29) is 58.0 Å². The van der Waals surface area contributed by atoms with Crippen LogP contribution in [0.15, 0.2) is 0 Å². The normalized spacial score (nSPS) is 20.6. The lowest BCUT2D eigenvalue weighted by molar-refractivity contribution is -0.153. The van der Waals surface area contributed by atoms with Crippen LogP contribution in [-0.2, 0) is 28.8 Å². The monoisotopic (exact) mass is 536 g/mol. The molecule has 0 aliphatic carbocycles. The van der Waals surface area contributed by atoms with Crippen LogP contribution >= 0.6 is 0 Å². The summed E-state index contributed by atoms with van der Waals surface area (Å²) >= 11 is 0. The Morgan fingerprint density at radius 3 is 1.87 bits per heavy atom. The highest BCUT2D eigenvalue weighted by atomic mass is 16.2. The van der Waals surface area contributed by atoms with E-state index in [1.807, 2.05) is 0 Å². The van der Waals surface area contributed by atoms with Crippen molar-refractivity contribution in [1.82, 2.24) is 40.9 Å². The maximum Gasteiger partial charge on any atom is 0.325 e. The molecule has 0 spiro atoms. The molecule has 0 bridgehead atoms. The first-order valence-corrected chi connectivity index (χ1v) is 12.5. The molecule has 4 N–H and O–H groups in total. The number of amides is 10. The molecule has 0 saturated carbocycles. The lowest BCUT2D eigenvalue weighted by atomic mass is 10.1. The van der Waals surface area contributed by atoms with Gasteiger partial charge in [-0.1, -0.05) is 0 Å². The van der Waals surface area contributed by atoms with E-state index in [1.54, 1.807) is 13.8 Å². The predicted octanol–water partition coefficient (Wildman–Crippen LogP) is -3.45. The van der Waals surface area contributed by atoms with Crippen molar-refractivity contribution in [2.45, 2.75) is 38.8 Å². The number of nitrogens with one attached hydrogen (secondary N) is 4. The van der Waals surface area contributed by atoms with Crippen LogP contribution in [-0.4, -0.2) is 132 Å². The van der Waals surface area contributed by atoms with Crippen LogP contribution in [0.4, 0.5) is 9.59 Å². The molecule has 0 radical (unpaired) electrons. The molecule has 3 aliphatic heterocycles. The molecular weight excluding hydrogens is 504 g/mol. The second-order valence-corrected chi connectivity index (χ2v) is 8.87. The zero-order valence-electron chi connectivity index (χ0n) is 21.3. The Morgan fingerprint density at radius 2 is 1.39 bits per heavy atom. The Balaban J connectivity index is 1.56. The van der Waals surface area contributed by atoms with E-state index in [1.165, 1.54) is 9.80 Å². The quantitative estimate of drug-likeness (QED) is 0.132. The maximum absolute atomic E-state index is 12.8. The summed E-state index contributed by atoms with van der Waals surface area (Å²) in [4.78, 5) is 102. The molecule has 38 heavy (non-hydrogen) atoms. The Labute approximate surface area is 218 Å². The van der Waals surface area contributed by atoms with Gasteiger partial charge in [-0.15, -0.1) is 0 Å². The standard InChI is InChI=1S/C22H32N8O8/c1-3-27-8-10-29(19(35)17(27)33)21(37)23-7-5-6-13(16(32)25-14-12-24-15(14)31)26-22(38)30-11-9-28(4-2)18(34)20(30)36/h13-14H,3-12H2,1-2H3,(H,23,37)(H,24,31)(H,25,32)(H,26,38). The number of rotatable bonds is 9. The molecule has 2 atom stereocenters. The third kappa shape index (κ3) is 6.18. The summed E-state index contributed by atoms with van der Waals surface area (Å²) in [5.41, 5.74) is 0. The van der Waals surface area contributed by atoms with Crippen molar-refractivity contribution in [1.29, 1.82) is 0 Å². The first kappa shape index (κ1) is 28.3. The smallest absolute Gasteiger partial charge is 0.325 e. The fraction of sp³-hybridized carbons (Fsp3) is 0.636. The van der Waals surface area contributed by atoms with Gasteiger partial charge in [-0.05, 0) is 26.7 Å². The number of carbonyl (C=O) groups excluding carboxylic acids is 8. The van der Waals surface area contributed by atoms with Gasteiger partial charge in [0, 0.05) is 52.4 Å². The Hall–Kier alpha value is -4.24. The van der Waals surface area contributed by atoms with Gasteiger partial charge in [-0.2, -0.15) is 0 Å². The number of carbonyl (C=O) groups is 8. The summed E-state index contributed by atoms with van der Waals surface area (Å²) in [5, 5.41) is 9.94. The molecule has 208 valence electrons. The van der Waals surface area contributed by atoms with E-state index in [9.17, 15) is 38.4 Å². The summed E-state index contributed by atoms with van der Waals surface area (Å²) in [7, 11) is 0. The minimum atomic E-state index is -1.18. The van der Waals surface area contributed by atoms with E-state index < -0.39 is 53.7 Å². The number of hydrogen-bond donors (Lipinski definition) is 4. The average Bonchev–Trinajstić information content (AvgIpc) is 2.90. The van der Waals surface area contributed by atoms with Gasteiger partial charge in [-0.3, -0.25) is 38.6 Å². The summed E-state index contributed by atoms with van der Waals surface area (Å²) in [6.45, 7) is 4.72. The van der Waals surface area contributed by atoms with E-state index in [0.29, 0.717) is 13.1 Å². The van der Waals surface area contributed by atoms with Crippen molar-refractivity contribution in [2.24, 2.45) is 0 Å². The summed E-state index contributed by atoms with van der Waals surface area (Å²) in [6, 6.07) is -3.63. The van der Waals surface area contributed by atoms with Crippen molar-refractivity contribution in [3.63, 3.8) is 0 Å². The summed E-state index contributed by atoms with van der Waals surface area (Å²) in [5.74, 6) is -4.58. The van der Waals surface area contributed by atoms with Crippen molar-refractivity contribution in [2.75, 3.05) is 52.4 Å². The van der Waals surface area contributed by atoms with Gasteiger partial charge >= 0.3 is 35.7 Å². The predicted molar refractivity (Wildman–Crippen MR) is 128 cm³/mol. The number of piperazine rings is 2. The largest absolute Gasteiger partial charge is 0.352 e. The zero-order chi connectivity index (χ0) is 28.0. The van der Waals surface area contributed by atoms with Crippen LogP contribution in [0.2, 0.25) is 0 Å². The average molecular weight is 537 g/mol. The second kappa shape index (κ2) is 12.3. The number of nitrogens with zero attached hydrogens (tertiary/aromatic N) is 4. The van der Waals surface area contributed by atoms with Crippen molar-refractivity contribution in [3.05, 3.63) is 0 Å². The third-order valence-electron chi connectivity index (χ3n) is 6.54. The minimum Gasteiger partial charge on any atom is -0.352 e. The number of likely N-dealkylation sites (N-methyl/N-ethyl adjacent to an activating group) is 2. The highest BCUT2D eigenvalue weighted by Gasteiger charge is 2.38. The highest BCUT2D eigenvalue weighted by molar-refractivity contribution is 6.38. The first-order chi connectivity index (χ1) is 18.1. The molecule has 10 amide bonds. The zero-order valence-corrected chi connectivity index (χ0v) is 21.3. The lowest BCUT2D eigenvalue weighted by Crippen LogP contribution is -2.65. The van der Waals surface area contributed by atoms with Crippen LogP contribution in [0, 0.1) is 0 Å². The maximum atomic E-state index is 12.8. The molecule has 0 aromatic rings. The SMILES string of the molecule is CCN1CCN(C(=O)NCCCC(NC(=O)N2CCN(CC)C(=O)C2=O)C(=O)NC2CNC2=O)C(=O)C1=O. The molecule has 3 heterocycles. The summed E-state index contributed by atoms with van der Waals surface area (Å²) < 4.78 is 0. The minimum absolute atomic E-state index is 0.000254. The van der Waals surface area contributed by atoms with Gasteiger partial charge in [0.2, 0.25) is 11.8 Å². The van der Waals surface area contributed by atoms with Gasteiger partial charge in [0.25, 0.3) is 0 Å². The molecule has 0 aromatic heterocycles. The van der Waals surface area contributed by atoms with Crippen LogP contribution in [0.3, 0.4) is 0 Å². The van der Waals surface area contributed by atoms with Gasteiger partial charge in [-0.25, -0.2) is 9.59 Å². The van der Waals surface area contributed by atoms with Crippen LogP contribution < -0.4 is 21.3 Å². The van der Waals surface area contributed by atoms with Crippen LogP contribution in [0.5, 0.6) is 0 Å². The van der Waals surface area contributed by atoms with E-state index in [2.05, 4.69) is 21.3 Å². The molecule has 16 heteroatoms. The van der Waals surface area contributed by atoms with Crippen molar-refractivity contribution >= 4 is 47.5 Å². The van der Waals surface area contributed by atoms with Gasteiger partial charge < -0.3 is 31.1 Å². The topological polar surface area (TPSA) is 198 Å². The Kier molecular flexibility index (Phi) is 9.20. The molecule has 2 unspecified atom stereocenters. The molecule has 3 rings (SSSR count). The van der Waals surface area contributed by atoms with Gasteiger partial charge in [0.1, 0.15) is 12.1 Å². The van der Waals surface area contributed by atoms with Gasteiger partial charge in [0.15, 0.2) is 0 Å². The van der Waals surface area contributed by atoms with Crippen LogP contribution in [0.1, 0.15) is 26.7 Å².